The average Bonchev–Trinajstić information content (AvgIpc) is 2.32. The topological polar surface area (TPSA) is 63.0 Å². The lowest BCUT2D eigenvalue weighted by Gasteiger charge is -2.02. The molecule has 7 heteroatoms. The summed E-state index contributed by atoms with van der Waals surface area (Å²) in [6, 6.07) is 1.62. The van der Waals surface area contributed by atoms with Crippen LogP contribution in [-0.2, 0) is 11.8 Å². The van der Waals surface area contributed by atoms with E-state index in [2.05, 4.69) is 5.10 Å². The van der Waals surface area contributed by atoms with E-state index >= 15 is 0 Å². The lowest BCUT2D eigenvalue weighted by molar-refractivity contribution is -0.731. The fourth-order valence-corrected chi connectivity index (χ4v) is 1.77. The number of halogens is 2. The molecule has 0 atom stereocenters. The molecule has 1 heterocycles. The fourth-order valence-electron chi connectivity index (χ4n) is 1.77. The molecule has 2 rings (SSSR count). The molecule has 1 N–H and O–H groups in total. The van der Waals surface area contributed by atoms with E-state index in [-0.39, 0.29) is 23.2 Å². The Bertz CT molecular complexity index is 725. The van der Waals surface area contributed by atoms with Crippen LogP contribution in [0.2, 0.25) is 0 Å². The highest BCUT2D eigenvalue weighted by Crippen LogP contribution is 2.12. The van der Waals surface area contributed by atoms with Gasteiger partial charge in [-0.15, -0.1) is 4.68 Å². The van der Waals surface area contributed by atoms with Crippen molar-refractivity contribution < 1.29 is 23.0 Å². The van der Waals surface area contributed by atoms with Gasteiger partial charge < -0.3 is 4.74 Å². The number of hydrogen-bond acceptors (Lipinski definition) is 3. The number of nitrogens with one attached hydrogen (secondary N) is 1. The lowest BCUT2D eigenvalue weighted by Crippen LogP contribution is -2.46. The highest BCUT2D eigenvalue weighted by atomic mass is 19.2. The molecule has 0 aliphatic heterocycles. The van der Waals surface area contributed by atoms with Gasteiger partial charge in [0, 0.05) is 6.07 Å². The third-order valence-electron chi connectivity index (χ3n) is 2.61. The van der Waals surface area contributed by atoms with Crippen LogP contribution in [0.1, 0.15) is 17.4 Å². The summed E-state index contributed by atoms with van der Waals surface area (Å²) in [5.74, 6) is -3.05. The number of nitrogens with zero attached hydrogens (tertiary/aromatic N) is 1. The second-order valence-corrected chi connectivity index (χ2v) is 3.88. The van der Waals surface area contributed by atoms with Gasteiger partial charge in [-0.3, -0.25) is 4.79 Å². The van der Waals surface area contributed by atoms with Gasteiger partial charge in [0.15, 0.2) is 18.7 Å². The molecular weight excluding hydrogens is 258 g/mol. The maximum Gasteiger partial charge on any atom is 0.410 e. The van der Waals surface area contributed by atoms with Crippen molar-refractivity contribution in [3.8, 4) is 0 Å². The van der Waals surface area contributed by atoms with Crippen LogP contribution in [0.4, 0.5) is 8.78 Å². The van der Waals surface area contributed by atoms with Crippen molar-refractivity contribution in [2.45, 2.75) is 6.92 Å². The number of esters is 1. The molecule has 2 aromatic rings. The molecule has 0 amide bonds. The van der Waals surface area contributed by atoms with E-state index in [0.717, 1.165) is 16.8 Å². The quantitative estimate of drug-likeness (QED) is 0.648. The zero-order valence-electron chi connectivity index (χ0n) is 10.3. The molecule has 1 aromatic heterocycles. The van der Waals surface area contributed by atoms with Gasteiger partial charge in [-0.2, -0.15) is 5.10 Å². The summed E-state index contributed by atoms with van der Waals surface area (Å²) in [4.78, 5) is 23.7. The van der Waals surface area contributed by atoms with E-state index in [1.54, 1.807) is 6.92 Å². The Balaban J connectivity index is 2.78. The lowest BCUT2D eigenvalue weighted by atomic mass is 10.2. The van der Waals surface area contributed by atoms with Crippen LogP contribution < -0.4 is 10.1 Å². The zero-order chi connectivity index (χ0) is 14.2. The van der Waals surface area contributed by atoms with Crippen LogP contribution in [0, 0.1) is 11.6 Å². The number of carbonyl (C=O) groups excluding carboxylic acids is 1. The minimum atomic E-state index is -1.15. The Kier molecular flexibility index (Phi) is 3.28. The SMILES string of the molecule is CCOC(=O)c1c(=O)c2cc(F)c(F)cc2[nH][n+]1C. The normalized spacial score (nSPS) is 10.7. The van der Waals surface area contributed by atoms with Crippen molar-refractivity contribution in [2.75, 3.05) is 6.61 Å². The Morgan fingerprint density at radius 2 is 2.00 bits per heavy atom. The zero-order valence-corrected chi connectivity index (χ0v) is 10.3. The predicted molar refractivity (Wildman–Crippen MR) is 61.6 cm³/mol. The molecule has 0 aliphatic carbocycles. The molecule has 1 aromatic carbocycles. The number of fused-ring (bicyclic) bond motifs is 1. The van der Waals surface area contributed by atoms with Gasteiger partial charge in [-0.05, 0) is 13.0 Å². The number of aromatic nitrogens is 2. The van der Waals surface area contributed by atoms with Crippen LogP contribution in [0.3, 0.4) is 0 Å². The summed E-state index contributed by atoms with van der Waals surface area (Å²) in [6.07, 6.45) is 0. The number of ether oxygens (including phenoxy) is 1. The van der Waals surface area contributed by atoms with Gasteiger partial charge in [0.1, 0.15) is 5.52 Å². The molecule has 0 unspecified atom stereocenters. The Hall–Kier alpha value is -2.31. The Labute approximate surface area is 106 Å². The summed E-state index contributed by atoms with van der Waals surface area (Å²) >= 11 is 0. The average molecular weight is 269 g/mol. The molecule has 0 aliphatic rings. The molecule has 19 heavy (non-hydrogen) atoms. The fraction of sp³-hybridized carbons (Fsp3) is 0.250. The number of aryl methyl sites for hydroxylation is 1. The maximum atomic E-state index is 13.2. The van der Waals surface area contributed by atoms with E-state index in [9.17, 15) is 18.4 Å². The van der Waals surface area contributed by atoms with Gasteiger partial charge in [-0.1, -0.05) is 0 Å². The number of aromatic amines is 1. The minimum absolute atomic E-state index is 0.0967. The molecular formula is C12H11F2N2O3+. The van der Waals surface area contributed by atoms with E-state index in [4.69, 9.17) is 4.74 Å². The summed E-state index contributed by atoms with van der Waals surface area (Å²) in [5.41, 5.74) is -0.895. The third-order valence-corrected chi connectivity index (χ3v) is 2.61. The van der Waals surface area contributed by atoms with Crippen LogP contribution in [0.25, 0.3) is 10.9 Å². The van der Waals surface area contributed by atoms with Crippen LogP contribution in [0.15, 0.2) is 16.9 Å². The summed E-state index contributed by atoms with van der Waals surface area (Å²) in [5, 5.41) is 2.50. The first-order chi connectivity index (χ1) is 8.95. The van der Waals surface area contributed by atoms with Gasteiger partial charge in [0.05, 0.1) is 12.0 Å². The number of H-pyrrole nitrogens is 1. The Morgan fingerprint density at radius 1 is 1.37 bits per heavy atom. The molecule has 0 saturated heterocycles. The molecule has 0 radical (unpaired) electrons. The summed E-state index contributed by atoms with van der Waals surface area (Å²) in [6.45, 7) is 1.70. The van der Waals surface area contributed by atoms with Crippen LogP contribution in [0.5, 0.6) is 0 Å². The van der Waals surface area contributed by atoms with Crippen LogP contribution >= 0.6 is 0 Å². The largest absolute Gasteiger partial charge is 0.458 e. The third kappa shape index (κ3) is 2.18. The standard InChI is InChI=1S/C12H10F2N2O3/c1-3-19-12(18)10-11(17)6-4-7(13)8(14)5-9(6)15-16(10)2/h4-5H,3H2,1-2H3/p+1. The molecule has 0 spiro atoms. The van der Waals surface area contributed by atoms with Crippen molar-refractivity contribution in [3.05, 3.63) is 39.7 Å². The molecule has 0 fully saturated rings. The van der Waals surface area contributed by atoms with Crippen molar-refractivity contribution in [3.63, 3.8) is 0 Å². The number of rotatable bonds is 2. The minimum Gasteiger partial charge on any atom is -0.458 e. The van der Waals surface area contributed by atoms with E-state index in [1.165, 1.54) is 7.05 Å². The smallest absolute Gasteiger partial charge is 0.410 e. The van der Waals surface area contributed by atoms with E-state index in [0.29, 0.717) is 0 Å². The van der Waals surface area contributed by atoms with Crippen molar-refractivity contribution in [2.24, 2.45) is 7.05 Å². The Morgan fingerprint density at radius 3 is 2.63 bits per heavy atom. The van der Waals surface area contributed by atoms with E-state index < -0.39 is 23.0 Å². The van der Waals surface area contributed by atoms with Gasteiger partial charge >= 0.3 is 11.7 Å². The summed E-state index contributed by atoms with van der Waals surface area (Å²) in [7, 11) is 1.41. The van der Waals surface area contributed by atoms with Crippen molar-refractivity contribution in [1.29, 1.82) is 0 Å². The van der Waals surface area contributed by atoms with E-state index in [1.807, 2.05) is 0 Å². The first-order valence-corrected chi connectivity index (χ1v) is 5.54. The summed E-state index contributed by atoms with van der Waals surface area (Å²) < 4.78 is 32.1. The molecule has 0 saturated carbocycles. The highest BCUT2D eigenvalue weighted by molar-refractivity contribution is 5.89. The number of carbonyl (C=O) groups is 1. The second kappa shape index (κ2) is 4.75. The van der Waals surface area contributed by atoms with Crippen molar-refractivity contribution >= 4 is 16.9 Å². The van der Waals surface area contributed by atoms with Gasteiger partial charge in [0.2, 0.25) is 0 Å². The second-order valence-electron chi connectivity index (χ2n) is 3.88. The highest BCUT2D eigenvalue weighted by Gasteiger charge is 2.26. The monoisotopic (exact) mass is 269 g/mol. The molecule has 100 valence electrons. The molecule has 0 bridgehead atoms. The predicted octanol–water partition coefficient (Wildman–Crippen LogP) is 0.808. The first-order valence-electron chi connectivity index (χ1n) is 5.54. The van der Waals surface area contributed by atoms with Crippen molar-refractivity contribution in [1.82, 2.24) is 5.10 Å². The van der Waals surface area contributed by atoms with Gasteiger partial charge in [0.25, 0.3) is 5.43 Å². The van der Waals surface area contributed by atoms with Crippen LogP contribution in [-0.4, -0.2) is 17.7 Å². The number of hydrogen-bond donors (Lipinski definition) is 1. The number of benzene rings is 1. The molecule has 5 nitrogen and oxygen atoms in total. The maximum absolute atomic E-state index is 13.2. The first kappa shape index (κ1) is 13.1. The van der Waals surface area contributed by atoms with Gasteiger partial charge in [-0.25, -0.2) is 13.6 Å².